The molecule has 1 heterocycles. The van der Waals surface area contributed by atoms with Crippen LogP contribution in [0.3, 0.4) is 0 Å². The molecule has 0 aliphatic carbocycles. The zero-order chi connectivity index (χ0) is 14.6. The molecule has 0 aliphatic heterocycles. The van der Waals surface area contributed by atoms with Gasteiger partial charge < -0.3 is 15.4 Å². The van der Waals surface area contributed by atoms with Crippen molar-refractivity contribution in [1.29, 1.82) is 0 Å². The maximum Gasteiger partial charge on any atom is 0.191 e. The number of hydrogen-bond donors (Lipinski definition) is 2. The fourth-order valence-corrected chi connectivity index (χ4v) is 3.17. The molecule has 0 bridgehead atoms. The Morgan fingerprint density at radius 3 is 3.00 bits per heavy atom. The van der Waals surface area contributed by atoms with Crippen LogP contribution < -0.4 is 10.6 Å². The molecule has 0 saturated heterocycles. The summed E-state index contributed by atoms with van der Waals surface area (Å²) >= 11 is 3.48. The van der Waals surface area contributed by atoms with Crippen LogP contribution in [0.15, 0.2) is 20.9 Å². The number of ether oxygens (including phenoxy) is 1. The zero-order valence-electron chi connectivity index (χ0n) is 12.8. The van der Waals surface area contributed by atoms with Crippen LogP contribution in [0, 0.1) is 0 Å². The lowest BCUT2D eigenvalue weighted by Gasteiger charge is -2.16. The van der Waals surface area contributed by atoms with Gasteiger partial charge in [-0.1, -0.05) is 11.8 Å². The Morgan fingerprint density at radius 1 is 1.57 bits per heavy atom. The van der Waals surface area contributed by atoms with E-state index in [1.54, 1.807) is 30.2 Å². The van der Waals surface area contributed by atoms with Gasteiger partial charge >= 0.3 is 0 Å². The van der Waals surface area contributed by atoms with Gasteiger partial charge in [-0.25, -0.2) is 4.98 Å². The van der Waals surface area contributed by atoms with E-state index >= 15 is 0 Å². The SMILES string of the molecule is CCNC(=NCCCSc1nccs1)NC(C)COC.I. The molecule has 1 atom stereocenters. The summed E-state index contributed by atoms with van der Waals surface area (Å²) in [4.78, 5) is 8.81. The number of rotatable bonds is 9. The smallest absolute Gasteiger partial charge is 0.191 e. The topological polar surface area (TPSA) is 58.5 Å². The summed E-state index contributed by atoms with van der Waals surface area (Å²) in [6, 6.07) is 0.252. The number of nitrogens with zero attached hydrogens (tertiary/aromatic N) is 2. The number of guanidine groups is 1. The molecule has 122 valence electrons. The molecule has 5 nitrogen and oxygen atoms in total. The van der Waals surface area contributed by atoms with Gasteiger partial charge in [-0.3, -0.25) is 4.99 Å². The molecule has 0 radical (unpaired) electrons. The molecule has 1 unspecified atom stereocenters. The third-order valence-corrected chi connectivity index (χ3v) is 4.40. The van der Waals surface area contributed by atoms with Crippen molar-refractivity contribution in [3.8, 4) is 0 Å². The summed E-state index contributed by atoms with van der Waals surface area (Å²) in [7, 11) is 1.71. The van der Waals surface area contributed by atoms with Gasteiger partial charge in [0.2, 0.25) is 0 Å². The maximum atomic E-state index is 5.11. The van der Waals surface area contributed by atoms with Crippen molar-refractivity contribution >= 4 is 53.0 Å². The number of methoxy groups -OCH3 is 1. The van der Waals surface area contributed by atoms with Gasteiger partial charge in [0.05, 0.1) is 6.61 Å². The van der Waals surface area contributed by atoms with Crippen molar-refractivity contribution in [2.24, 2.45) is 4.99 Å². The standard InChI is InChI=1S/C13H24N4OS2.HI/c1-4-14-12(17-11(2)10-18-3)15-6-5-8-19-13-16-7-9-20-13;/h7,9,11H,4-6,8,10H2,1-3H3,(H2,14,15,17);1H. The Labute approximate surface area is 152 Å². The summed E-state index contributed by atoms with van der Waals surface area (Å²) in [5.74, 6) is 1.90. The first-order chi connectivity index (χ1) is 9.76. The lowest BCUT2D eigenvalue weighted by molar-refractivity contribution is 0.179. The number of nitrogens with one attached hydrogen (secondary N) is 2. The average molecular weight is 444 g/mol. The van der Waals surface area contributed by atoms with Crippen molar-refractivity contribution in [3.63, 3.8) is 0 Å². The van der Waals surface area contributed by atoms with Crippen LogP contribution in [0.2, 0.25) is 0 Å². The molecule has 0 aromatic carbocycles. The van der Waals surface area contributed by atoms with Crippen LogP contribution in [0.25, 0.3) is 0 Å². The summed E-state index contributed by atoms with van der Waals surface area (Å²) < 4.78 is 6.24. The number of halogens is 1. The highest BCUT2D eigenvalue weighted by Gasteiger charge is 2.04. The third-order valence-electron chi connectivity index (χ3n) is 2.35. The van der Waals surface area contributed by atoms with E-state index < -0.39 is 0 Å². The van der Waals surface area contributed by atoms with E-state index in [2.05, 4.69) is 34.5 Å². The van der Waals surface area contributed by atoms with Crippen molar-refractivity contribution in [2.75, 3.05) is 32.6 Å². The first-order valence-corrected chi connectivity index (χ1v) is 8.68. The quantitative estimate of drug-likeness (QED) is 0.202. The predicted molar refractivity (Wildman–Crippen MR) is 103 cm³/mol. The van der Waals surface area contributed by atoms with Crippen LogP contribution >= 0.6 is 47.1 Å². The number of aliphatic imine (C=N–C) groups is 1. The molecule has 2 N–H and O–H groups in total. The van der Waals surface area contributed by atoms with E-state index in [4.69, 9.17) is 4.74 Å². The molecule has 0 saturated carbocycles. The molecule has 1 aromatic rings. The Balaban J connectivity index is 0.00000400. The average Bonchev–Trinajstić information content (AvgIpc) is 2.92. The van der Waals surface area contributed by atoms with Crippen LogP contribution in [-0.4, -0.2) is 49.5 Å². The van der Waals surface area contributed by atoms with Gasteiger partial charge in [-0.15, -0.1) is 35.3 Å². The van der Waals surface area contributed by atoms with Gasteiger partial charge in [0.25, 0.3) is 0 Å². The molecule has 21 heavy (non-hydrogen) atoms. The van der Waals surface area contributed by atoms with Crippen LogP contribution in [-0.2, 0) is 4.74 Å². The monoisotopic (exact) mass is 444 g/mol. The number of aromatic nitrogens is 1. The minimum Gasteiger partial charge on any atom is -0.383 e. The molecule has 0 aliphatic rings. The van der Waals surface area contributed by atoms with Crippen molar-refractivity contribution in [3.05, 3.63) is 11.6 Å². The largest absolute Gasteiger partial charge is 0.383 e. The molecule has 0 fully saturated rings. The van der Waals surface area contributed by atoms with E-state index in [9.17, 15) is 0 Å². The first-order valence-electron chi connectivity index (χ1n) is 6.82. The van der Waals surface area contributed by atoms with E-state index in [1.807, 2.05) is 11.6 Å². The van der Waals surface area contributed by atoms with Crippen LogP contribution in [0.5, 0.6) is 0 Å². The van der Waals surface area contributed by atoms with Crippen molar-refractivity contribution in [2.45, 2.75) is 30.6 Å². The first kappa shape index (κ1) is 20.9. The van der Waals surface area contributed by atoms with Gasteiger partial charge in [-0.2, -0.15) is 0 Å². The van der Waals surface area contributed by atoms with E-state index in [-0.39, 0.29) is 30.0 Å². The summed E-state index contributed by atoms with van der Waals surface area (Å²) in [5, 5.41) is 8.57. The highest BCUT2D eigenvalue weighted by molar-refractivity contribution is 14.0. The fraction of sp³-hybridized carbons (Fsp3) is 0.692. The van der Waals surface area contributed by atoms with E-state index in [0.717, 1.165) is 35.6 Å². The minimum atomic E-state index is 0. The normalized spacial score (nSPS) is 12.6. The molecule has 1 aromatic heterocycles. The molecule has 8 heteroatoms. The number of hydrogen-bond acceptors (Lipinski definition) is 5. The predicted octanol–water partition coefficient (Wildman–Crippen LogP) is 2.83. The molecule has 1 rings (SSSR count). The van der Waals surface area contributed by atoms with Crippen molar-refractivity contribution < 1.29 is 4.74 Å². The zero-order valence-corrected chi connectivity index (χ0v) is 16.8. The second-order valence-electron chi connectivity index (χ2n) is 4.26. The Hall–Kier alpha value is -0.0600. The van der Waals surface area contributed by atoms with Gasteiger partial charge in [0.15, 0.2) is 5.96 Å². The van der Waals surface area contributed by atoms with E-state index in [0.29, 0.717) is 6.61 Å². The molecule has 0 spiro atoms. The fourth-order valence-electron chi connectivity index (χ4n) is 1.54. The summed E-state index contributed by atoms with van der Waals surface area (Å²) in [6.45, 7) is 6.49. The molecular weight excluding hydrogens is 419 g/mol. The number of thiazole rings is 1. The second kappa shape index (κ2) is 13.6. The molecular formula is C13H25IN4OS2. The maximum absolute atomic E-state index is 5.11. The highest BCUT2D eigenvalue weighted by atomic mass is 127. The lowest BCUT2D eigenvalue weighted by Crippen LogP contribution is -2.44. The Morgan fingerprint density at radius 2 is 2.38 bits per heavy atom. The highest BCUT2D eigenvalue weighted by Crippen LogP contribution is 2.20. The Kier molecular flexibility index (Phi) is 13.6. The Bertz CT molecular complexity index is 376. The van der Waals surface area contributed by atoms with E-state index in [1.165, 1.54) is 0 Å². The van der Waals surface area contributed by atoms with Gasteiger partial charge in [0.1, 0.15) is 4.34 Å². The second-order valence-corrected chi connectivity index (χ2v) is 6.50. The summed E-state index contributed by atoms with van der Waals surface area (Å²) in [6.07, 6.45) is 2.88. The van der Waals surface area contributed by atoms with Gasteiger partial charge in [-0.05, 0) is 20.3 Å². The lowest BCUT2D eigenvalue weighted by atomic mass is 10.4. The summed E-state index contributed by atoms with van der Waals surface area (Å²) in [5.41, 5.74) is 0. The van der Waals surface area contributed by atoms with Crippen molar-refractivity contribution in [1.82, 2.24) is 15.6 Å². The third kappa shape index (κ3) is 10.3. The van der Waals surface area contributed by atoms with Crippen LogP contribution in [0.1, 0.15) is 20.3 Å². The van der Waals surface area contributed by atoms with Gasteiger partial charge in [0, 0.05) is 43.6 Å². The van der Waals surface area contributed by atoms with Crippen LogP contribution in [0.4, 0.5) is 0 Å². The minimum absolute atomic E-state index is 0. The molecule has 0 amide bonds. The number of thioether (sulfide) groups is 1.